The predicted molar refractivity (Wildman–Crippen MR) is 86.9 cm³/mol. The summed E-state index contributed by atoms with van der Waals surface area (Å²) >= 11 is 0. The summed E-state index contributed by atoms with van der Waals surface area (Å²) in [6, 6.07) is 14.7. The van der Waals surface area contributed by atoms with E-state index in [1.165, 1.54) is 21.5 Å². The molecule has 0 aliphatic carbocycles. The summed E-state index contributed by atoms with van der Waals surface area (Å²) in [5.74, 6) is 0.904. The van der Waals surface area contributed by atoms with Crippen LogP contribution < -0.4 is 4.74 Å². The van der Waals surface area contributed by atoms with Gasteiger partial charge in [-0.15, -0.1) is 0 Å². The maximum absolute atomic E-state index is 5.84. The van der Waals surface area contributed by atoms with E-state index in [0.29, 0.717) is 0 Å². The number of aromatic nitrogens is 2. The fourth-order valence-corrected chi connectivity index (χ4v) is 2.96. The highest BCUT2D eigenvalue weighted by atomic mass is 16.5. The lowest BCUT2D eigenvalue weighted by molar-refractivity contribution is 0.243. The summed E-state index contributed by atoms with van der Waals surface area (Å²) in [6.45, 7) is 4.08. The van der Waals surface area contributed by atoms with Gasteiger partial charge in [0.05, 0.1) is 17.8 Å². The second kappa shape index (κ2) is 4.48. The predicted octanol–water partition coefficient (Wildman–Crippen LogP) is 4.66. The lowest BCUT2D eigenvalue weighted by Gasteiger charge is -2.12. The summed E-state index contributed by atoms with van der Waals surface area (Å²) < 4.78 is 5.84. The molecule has 3 nitrogen and oxygen atoms in total. The summed E-state index contributed by atoms with van der Waals surface area (Å²) in [5.41, 5.74) is 1.08. The molecular weight excluding hydrogens is 260 g/mol. The standard InChI is InChI=1S/C18H16N2O/c1-11(2)21-12-7-8-15-16(9-12)13-5-3-4-6-14(13)17-10-19-20-18(15)17/h3-11H,1-2H3,(H,19,20). The fraction of sp³-hybridized carbons (Fsp3) is 0.167. The van der Waals surface area contributed by atoms with Crippen LogP contribution in [0.2, 0.25) is 0 Å². The molecule has 104 valence electrons. The zero-order valence-corrected chi connectivity index (χ0v) is 12.1. The lowest BCUT2D eigenvalue weighted by atomic mass is 9.98. The molecule has 0 unspecified atom stereocenters. The smallest absolute Gasteiger partial charge is 0.120 e. The molecule has 0 saturated carbocycles. The number of ether oxygens (including phenoxy) is 1. The van der Waals surface area contributed by atoms with Gasteiger partial charge in [0.25, 0.3) is 0 Å². The summed E-state index contributed by atoms with van der Waals surface area (Å²) in [7, 11) is 0. The SMILES string of the molecule is CC(C)Oc1ccc2c(c1)c1ccccc1c1cn[nH]c21. The van der Waals surface area contributed by atoms with E-state index < -0.39 is 0 Å². The lowest BCUT2D eigenvalue weighted by Crippen LogP contribution is -2.05. The molecule has 0 atom stereocenters. The van der Waals surface area contributed by atoms with Crippen LogP contribution >= 0.6 is 0 Å². The molecule has 1 N–H and O–H groups in total. The molecule has 0 aliphatic rings. The topological polar surface area (TPSA) is 37.9 Å². The van der Waals surface area contributed by atoms with Gasteiger partial charge in [-0.3, -0.25) is 5.10 Å². The van der Waals surface area contributed by atoms with Gasteiger partial charge in [-0.25, -0.2) is 0 Å². The Hall–Kier alpha value is -2.55. The van der Waals surface area contributed by atoms with Gasteiger partial charge in [0, 0.05) is 10.8 Å². The van der Waals surface area contributed by atoms with E-state index in [2.05, 4.69) is 46.6 Å². The van der Waals surface area contributed by atoms with Crippen molar-refractivity contribution in [1.82, 2.24) is 10.2 Å². The molecule has 0 radical (unpaired) electrons. The monoisotopic (exact) mass is 276 g/mol. The molecule has 0 aliphatic heterocycles. The van der Waals surface area contributed by atoms with E-state index in [1.807, 2.05) is 26.1 Å². The molecule has 1 aromatic heterocycles. The van der Waals surface area contributed by atoms with Crippen molar-refractivity contribution in [3.8, 4) is 5.75 Å². The number of benzene rings is 3. The number of nitrogens with zero attached hydrogens (tertiary/aromatic N) is 1. The Labute approximate surface area is 122 Å². The third-order valence-corrected chi connectivity index (χ3v) is 3.78. The molecule has 21 heavy (non-hydrogen) atoms. The van der Waals surface area contributed by atoms with Crippen LogP contribution in [0.1, 0.15) is 13.8 Å². The number of H-pyrrole nitrogens is 1. The Morgan fingerprint density at radius 2 is 1.67 bits per heavy atom. The van der Waals surface area contributed by atoms with Crippen molar-refractivity contribution in [2.75, 3.05) is 0 Å². The van der Waals surface area contributed by atoms with Gasteiger partial charge in [-0.2, -0.15) is 5.10 Å². The van der Waals surface area contributed by atoms with Gasteiger partial charge in [-0.05, 0) is 48.2 Å². The number of nitrogens with one attached hydrogen (secondary N) is 1. The molecule has 3 aromatic carbocycles. The minimum atomic E-state index is 0.171. The normalized spacial score (nSPS) is 11.8. The Bertz CT molecular complexity index is 953. The first-order valence-electron chi connectivity index (χ1n) is 7.18. The van der Waals surface area contributed by atoms with Crippen LogP contribution in [-0.4, -0.2) is 16.3 Å². The van der Waals surface area contributed by atoms with Crippen molar-refractivity contribution in [2.24, 2.45) is 0 Å². The van der Waals surface area contributed by atoms with Crippen molar-refractivity contribution >= 4 is 32.4 Å². The third-order valence-electron chi connectivity index (χ3n) is 3.78. The first kappa shape index (κ1) is 12.2. The highest BCUT2D eigenvalue weighted by Crippen LogP contribution is 2.35. The van der Waals surface area contributed by atoms with Gasteiger partial charge in [0.1, 0.15) is 5.75 Å². The van der Waals surface area contributed by atoms with E-state index in [1.54, 1.807) is 0 Å². The van der Waals surface area contributed by atoms with Crippen LogP contribution in [0, 0.1) is 0 Å². The van der Waals surface area contributed by atoms with E-state index in [4.69, 9.17) is 4.74 Å². The van der Waals surface area contributed by atoms with Crippen LogP contribution in [0.15, 0.2) is 48.7 Å². The average Bonchev–Trinajstić information content (AvgIpc) is 2.96. The Morgan fingerprint density at radius 1 is 0.905 bits per heavy atom. The van der Waals surface area contributed by atoms with Crippen LogP contribution in [0.5, 0.6) is 5.75 Å². The van der Waals surface area contributed by atoms with Crippen molar-refractivity contribution < 1.29 is 4.74 Å². The minimum Gasteiger partial charge on any atom is -0.491 e. The second-order valence-electron chi connectivity index (χ2n) is 5.58. The van der Waals surface area contributed by atoms with Crippen molar-refractivity contribution in [1.29, 1.82) is 0 Å². The van der Waals surface area contributed by atoms with Gasteiger partial charge < -0.3 is 4.74 Å². The maximum atomic E-state index is 5.84. The molecule has 0 amide bonds. The summed E-state index contributed by atoms with van der Waals surface area (Å²) in [5, 5.41) is 13.3. The number of hydrogen-bond donors (Lipinski definition) is 1. The molecule has 0 saturated heterocycles. The molecule has 0 bridgehead atoms. The highest BCUT2D eigenvalue weighted by Gasteiger charge is 2.10. The largest absolute Gasteiger partial charge is 0.491 e. The molecule has 3 heteroatoms. The fourth-order valence-electron chi connectivity index (χ4n) is 2.96. The molecule has 4 rings (SSSR count). The van der Waals surface area contributed by atoms with E-state index >= 15 is 0 Å². The Kier molecular flexibility index (Phi) is 2.61. The zero-order valence-electron chi connectivity index (χ0n) is 12.1. The molecular formula is C18H16N2O. The first-order chi connectivity index (χ1) is 10.2. The van der Waals surface area contributed by atoms with Crippen LogP contribution in [0.25, 0.3) is 32.4 Å². The average molecular weight is 276 g/mol. The van der Waals surface area contributed by atoms with Crippen molar-refractivity contribution in [3.63, 3.8) is 0 Å². The molecule has 4 aromatic rings. The molecule has 0 fully saturated rings. The Balaban J connectivity index is 2.15. The van der Waals surface area contributed by atoms with Gasteiger partial charge >= 0.3 is 0 Å². The maximum Gasteiger partial charge on any atom is 0.120 e. The number of rotatable bonds is 2. The Morgan fingerprint density at radius 3 is 2.43 bits per heavy atom. The zero-order chi connectivity index (χ0) is 14.4. The summed E-state index contributed by atoms with van der Waals surface area (Å²) in [6.07, 6.45) is 2.07. The molecule has 0 spiro atoms. The van der Waals surface area contributed by atoms with E-state index in [0.717, 1.165) is 16.7 Å². The minimum absolute atomic E-state index is 0.171. The second-order valence-corrected chi connectivity index (χ2v) is 5.58. The number of aromatic amines is 1. The van der Waals surface area contributed by atoms with E-state index in [-0.39, 0.29) is 6.10 Å². The number of fused-ring (bicyclic) bond motifs is 6. The molecule has 1 heterocycles. The summed E-state index contributed by atoms with van der Waals surface area (Å²) in [4.78, 5) is 0. The van der Waals surface area contributed by atoms with Gasteiger partial charge in [-0.1, -0.05) is 24.3 Å². The third kappa shape index (κ3) is 1.85. The van der Waals surface area contributed by atoms with Crippen LogP contribution in [0.4, 0.5) is 0 Å². The highest BCUT2D eigenvalue weighted by molar-refractivity contribution is 6.24. The van der Waals surface area contributed by atoms with Crippen LogP contribution in [0.3, 0.4) is 0 Å². The van der Waals surface area contributed by atoms with Crippen molar-refractivity contribution in [2.45, 2.75) is 20.0 Å². The first-order valence-corrected chi connectivity index (χ1v) is 7.18. The number of hydrogen-bond acceptors (Lipinski definition) is 2. The van der Waals surface area contributed by atoms with Gasteiger partial charge in [0.15, 0.2) is 0 Å². The van der Waals surface area contributed by atoms with Crippen LogP contribution in [-0.2, 0) is 0 Å². The van der Waals surface area contributed by atoms with Gasteiger partial charge in [0.2, 0.25) is 0 Å². The van der Waals surface area contributed by atoms with E-state index in [9.17, 15) is 0 Å². The quantitative estimate of drug-likeness (QED) is 0.541. The van der Waals surface area contributed by atoms with Crippen molar-refractivity contribution in [3.05, 3.63) is 48.7 Å².